The van der Waals surface area contributed by atoms with E-state index >= 15 is 0 Å². The molecule has 0 saturated heterocycles. The Bertz CT molecular complexity index is 1050. The number of carbonyl (C=O) groups is 1. The van der Waals surface area contributed by atoms with Crippen LogP contribution < -0.4 is 5.56 Å². The maximum Gasteiger partial charge on any atom is 0.278 e. The van der Waals surface area contributed by atoms with Gasteiger partial charge < -0.3 is 10.1 Å². The molecule has 0 aliphatic rings. The average molecular weight is 360 g/mol. The van der Waals surface area contributed by atoms with Gasteiger partial charge in [-0.05, 0) is 23.8 Å². The zero-order valence-electron chi connectivity index (χ0n) is 12.5. The van der Waals surface area contributed by atoms with Crippen LogP contribution in [0.15, 0.2) is 47.3 Å². The van der Waals surface area contributed by atoms with Crippen molar-refractivity contribution in [2.24, 2.45) is 0 Å². The maximum atomic E-state index is 12.4. The Balaban J connectivity index is 2.02. The summed E-state index contributed by atoms with van der Waals surface area (Å²) in [6.07, 6.45) is -1.58. The molecule has 0 unspecified atom stereocenters. The summed E-state index contributed by atoms with van der Waals surface area (Å²) in [5, 5.41) is 21.4. The molecule has 3 aromatic rings. The van der Waals surface area contributed by atoms with E-state index in [0.29, 0.717) is 5.02 Å². The third-order valence-electron chi connectivity index (χ3n) is 3.55. The number of H-pyrrole nitrogens is 1. The van der Waals surface area contributed by atoms with Gasteiger partial charge in [-0.15, -0.1) is 0 Å². The summed E-state index contributed by atoms with van der Waals surface area (Å²) in [7, 11) is 0. The van der Waals surface area contributed by atoms with Gasteiger partial charge in [0, 0.05) is 17.2 Å². The molecule has 0 bridgehead atoms. The highest BCUT2D eigenvalue weighted by atomic mass is 35.5. The first-order chi connectivity index (χ1) is 11.9. The van der Waals surface area contributed by atoms with Crippen molar-refractivity contribution in [3.8, 4) is 0 Å². The second-order valence-electron chi connectivity index (χ2n) is 5.19. The van der Waals surface area contributed by atoms with E-state index in [1.165, 1.54) is 36.4 Å². The van der Waals surface area contributed by atoms with Crippen molar-refractivity contribution in [2.75, 3.05) is 0 Å². The quantitative estimate of drug-likeness (QED) is 0.418. The molecule has 3 rings (SSSR count). The van der Waals surface area contributed by atoms with E-state index < -0.39 is 28.1 Å². The maximum absolute atomic E-state index is 12.4. The highest BCUT2D eigenvalue weighted by molar-refractivity contribution is 6.30. The van der Waals surface area contributed by atoms with Crippen molar-refractivity contribution in [1.82, 2.24) is 9.97 Å². The molecule has 0 aliphatic heterocycles. The van der Waals surface area contributed by atoms with E-state index in [4.69, 9.17) is 11.6 Å². The van der Waals surface area contributed by atoms with Gasteiger partial charge in [-0.25, -0.2) is 4.98 Å². The summed E-state index contributed by atoms with van der Waals surface area (Å²) in [6, 6.07) is 9.60. The first kappa shape index (κ1) is 16.7. The molecule has 0 radical (unpaired) electrons. The summed E-state index contributed by atoms with van der Waals surface area (Å²) in [4.78, 5) is 41.0. The fraction of sp³-hybridized carbons (Fsp3) is 0.0625. The Morgan fingerprint density at radius 3 is 2.56 bits per heavy atom. The number of fused-ring (bicyclic) bond motifs is 1. The van der Waals surface area contributed by atoms with Gasteiger partial charge in [0.05, 0.1) is 16.0 Å². The number of aliphatic hydroxyl groups excluding tert-OH is 1. The lowest BCUT2D eigenvalue weighted by Gasteiger charge is -2.09. The van der Waals surface area contributed by atoms with Gasteiger partial charge in [-0.3, -0.25) is 19.7 Å². The van der Waals surface area contributed by atoms with Crippen molar-refractivity contribution in [3.63, 3.8) is 0 Å². The molecule has 2 aromatic carbocycles. The van der Waals surface area contributed by atoms with E-state index in [2.05, 4.69) is 9.97 Å². The third kappa shape index (κ3) is 3.25. The largest absolute Gasteiger partial charge is 0.380 e. The van der Waals surface area contributed by atoms with E-state index in [9.17, 15) is 24.8 Å². The average Bonchev–Trinajstić information content (AvgIpc) is 2.60. The number of nitrogens with one attached hydrogen (secondary N) is 1. The second kappa shape index (κ2) is 6.42. The summed E-state index contributed by atoms with van der Waals surface area (Å²) in [6.45, 7) is 0. The number of Topliss-reactive ketones (excluding diaryl/α,β-unsaturated/α-hetero) is 1. The van der Waals surface area contributed by atoms with Gasteiger partial charge in [-0.2, -0.15) is 0 Å². The van der Waals surface area contributed by atoms with Crippen LogP contribution >= 0.6 is 11.6 Å². The zero-order valence-corrected chi connectivity index (χ0v) is 13.2. The van der Waals surface area contributed by atoms with Gasteiger partial charge in [-0.1, -0.05) is 23.7 Å². The SMILES string of the molecule is O=C(c1nc2ccc([N+](=O)[O-])cc2[nH]c1=O)[C@@H](O)c1ccc(Cl)cc1. The molecule has 1 aromatic heterocycles. The molecule has 0 aliphatic carbocycles. The Labute approximate surface area is 144 Å². The Kier molecular flexibility index (Phi) is 4.30. The number of aromatic amines is 1. The smallest absolute Gasteiger partial charge is 0.278 e. The monoisotopic (exact) mass is 359 g/mol. The minimum Gasteiger partial charge on any atom is -0.380 e. The number of halogens is 1. The van der Waals surface area contributed by atoms with Gasteiger partial charge in [0.1, 0.15) is 6.10 Å². The number of aliphatic hydroxyl groups is 1. The van der Waals surface area contributed by atoms with E-state index in [1.54, 1.807) is 0 Å². The molecule has 0 fully saturated rings. The highest BCUT2D eigenvalue weighted by Crippen LogP contribution is 2.21. The van der Waals surface area contributed by atoms with Crippen molar-refractivity contribution < 1.29 is 14.8 Å². The molecular weight excluding hydrogens is 350 g/mol. The number of aromatic nitrogens is 2. The van der Waals surface area contributed by atoms with Gasteiger partial charge in [0.25, 0.3) is 11.2 Å². The minimum atomic E-state index is -1.58. The first-order valence-corrected chi connectivity index (χ1v) is 7.41. The predicted molar refractivity (Wildman–Crippen MR) is 89.8 cm³/mol. The number of nitro groups is 1. The standard InChI is InChI=1S/C16H10ClN3O5/c17-9-3-1-8(2-4-9)14(21)15(22)13-16(23)19-12-7-10(20(24)25)5-6-11(12)18-13/h1-7,14,21H,(H,19,23)/t14-/m0/s1. The third-order valence-corrected chi connectivity index (χ3v) is 3.81. The molecule has 0 amide bonds. The summed E-state index contributed by atoms with van der Waals surface area (Å²) in [5.41, 5.74) is -0.965. The fourth-order valence-corrected chi connectivity index (χ4v) is 2.41. The molecule has 126 valence electrons. The number of rotatable bonds is 4. The van der Waals surface area contributed by atoms with Crippen LogP contribution in [0.1, 0.15) is 22.2 Å². The number of nitro benzene ring substituents is 1. The van der Waals surface area contributed by atoms with Crippen molar-refractivity contribution >= 4 is 34.1 Å². The molecule has 0 spiro atoms. The predicted octanol–water partition coefficient (Wildman–Crippen LogP) is 2.40. The number of hydrogen-bond donors (Lipinski definition) is 2. The Hall–Kier alpha value is -3.10. The minimum absolute atomic E-state index is 0.122. The van der Waals surface area contributed by atoms with Crippen LogP contribution in [0.2, 0.25) is 5.02 Å². The van der Waals surface area contributed by atoms with Crippen molar-refractivity contribution in [3.05, 3.63) is 79.2 Å². The van der Waals surface area contributed by atoms with E-state index in [-0.39, 0.29) is 22.3 Å². The highest BCUT2D eigenvalue weighted by Gasteiger charge is 2.24. The number of ketones is 1. The van der Waals surface area contributed by atoms with Crippen molar-refractivity contribution in [1.29, 1.82) is 0 Å². The second-order valence-corrected chi connectivity index (χ2v) is 5.63. The van der Waals surface area contributed by atoms with Gasteiger partial charge in [0.2, 0.25) is 5.78 Å². The molecule has 0 saturated carbocycles. The normalized spacial score (nSPS) is 12.1. The van der Waals surface area contributed by atoms with E-state index in [1.807, 2.05) is 0 Å². The van der Waals surface area contributed by atoms with Crippen LogP contribution in [0.3, 0.4) is 0 Å². The van der Waals surface area contributed by atoms with Gasteiger partial charge >= 0.3 is 0 Å². The number of carbonyl (C=O) groups excluding carboxylic acids is 1. The molecule has 8 nitrogen and oxygen atoms in total. The Morgan fingerprint density at radius 2 is 1.92 bits per heavy atom. The fourth-order valence-electron chi connectivity index (χ4n) is 2.28. The first-order valence-electron chi connectivity index (χ1n) is 7.03. The van der Waals surface area contributed by atoms with Crippen LogP contribution in [0, 0.1) is 10.1 Å². The lowest BCUT2D eigenvalue weighted by atomic mass is 10.0. The molecule has 2 N–H and O–H groups in total. The van der Waals surface area contributed by atoms with Crippen LogP contribution in [-0.2, 0) is 0 Å². The summed E-state index contributed by atoms with van der Waals surface area (Å²) >= 11 is 5.76. The van der Waals surface area contributed by atoms with Crippen molar-refractivity contribution in [2.45, 2.75) is 6.10 Å². The lowest BCUT2D eigenvalue weighted by molar-refractivity contribution is -0.384. The number of non-ortho nitro benzene ring substituents is 1. The molecular formula is C16H10ClN3O5. The summed E-state index contributed by atoms with van der Waals surface area (Å²) in [5.74, 6) is -0.885. The number of benzene rings is 2. The zero-order chi connectivity index (χ0) is 18.1. The van der Waals surface area contributed by atoms with Crippen LogP contribution in [0.5, 0.6) is 0 Å². The van der Waals surface area contributed by atoms with Crippen LogP contribution in [0.25, 0.3) is 11.0 Å². The van der Waals surface area contributed by atoms with Crippen LogP contribution in [-0.4, -0.2) is 25.8 Å². The number of hydrogen-bond acceptors (Lipinski definition) is 6. The van der Waals surface area contributed by atoms with E-state index in [0.717, 1.165) is 6.07 Å². The lowest BCUT2D eigenvalue weighted by Crippen LogP contribution is -2.24. The topological polar surface area (TPSA) is 126 Å². The number of nitrogens with zero attached hydrogens (tertiary/aromatic N) is 2. The van der Waals surface area contributed by atoms with Gasteiger partial charge in [0.15, 0.2) is 5.69 Å². The van der Waals surface area contributed by atoms with Crippen LogP contribution in [0.4, 0.5) is 5.69 Å². The molecule has 1 atom stereocenters. The Morgan fingerprint density at radius 1 is 1.24 bits per heavy atom. The molecule has 1 heterocycles. The molecule has 25 heavy (non-hydrogen) atoms. The molecule has 9 heteroatoms. The summed E-state index contributed by atoms with van der Waals surface area (Å²) < 4.78 is 0.